The van der Waals surface area contributed by atoms with Gasteiger partial charge in [-0.1, -0.05) is 82.0 Å². The van der Waals surface area contributed by atoms with Gasteiger partial charge in [0.05, 0.1) is 12.2 Å². The molecule has 2 aliphatic heterocycles. The first-order chi connectivity index (χ1) is 20.7. The van der Waals surface area contributed by atoms with E-state index in [2.05, 4.69) is 120 Å². The largest absolute Gasteiger partial charge is 0.400 e. The smallest absolute Gasteiger partial charge is 0.211 e. The van der Waals surface area contributed by atoms with Crippen LogP contribution in [-0.2, 0) is 17.9 Å². The van der Waals surface area contributed by atoms with Crippen molar-refractivity contribution < 1.29 is 9.90 Å². The molecule has 0 unspecified atom stereocenters. The Hall–Kier alpha value is -3.94. The van der Waals surface area contributed by atoms with Crippen molar-refractivity contribution in [2.75, 3.05) is 26.7 Å². The third-order valence-electron chi connectivity index (χ3n) is 5.56. The van der Waals surface area contributed by atoms with Gasteiger partial charge in [0, 0.05) is 38.3 Å². The van der Waals surface area contributed by atoms with Crippen molar-refractivity contribution in [1.29, 1.82) is 0 Å². The summed E-state index contributed by atoms with van der Waals surface area (Å²) >= 11 is 0. The second-order valence-corrected chi connectivity index (χ2v) is 8.54. The summed E-state index contributed by atoms with van der Waals surface area (Å²) in [5.74, 6) is 0. The quantitative estimate of drug-likeness (QED) is 0.191. The lowest BCUT2D eigenvalue weighted by Crippen LogP contribution is -2.18. The number of aliphatic hydroxyl groups excluding tert-OH is 1. The van der Waals surface area contributed by atoms with Crippen molar-refractivity contribution in [3.05, 3.63) is 128 Å². The number of allylic oxidation sites excluding steroid dienone is 5. The Kier molecular flexibility index (Phi) is 28.7. The average molecular weight is 578 g/mol. The first kappa shape index (κ1) is 40.2. The number of rotatable bonds is 9. The molecule has 2 N–H and O–H groups in total. The van der Waals surface area contributed by atoms with Crippen LogP contribution in [0, 0.1) is 6.92 Å². The van der Waals surface area contributed by atoms with E-state index < -0.39 is 0 Å². The molecule has 7 nitrogen and oxygen atoms in total. The minimum Gasteiger partial charge on any atom is -0.400 e. The zero-order valence-electron chi connectivity index (χ0n) is 26.7. The molecule has 7 heteroatoms. The van der Waals surface area contributed by atoms with E-state index in [9.17, 15) is 4.79 Å². The first-order valence-corrected chi connectivity index (χ1v) is 14.6. The number of likely N-dealkylation sites (tertiary alicyclic amines) is 1. The van der Waals surface area contributed by atoms with Crippen molar-refractivity contribution in [2.45, 2.75) is 60.0 Å². The van der Waals surface area contributed by atoms with Crippen LogP contribution in [-0.4, -0.2) is 57.8 Å². The van der Waals surface area contributed by atoms with Gasteiger partial charge in [-0.15, -0.1) is 13.2 Å². The van der Waals surface area contributed by atoms with E-state index in [0.29, 0.717) is 6.41 Å². The maximum atomic E-state index is 9.48. The van der Waals surface area contributed by atoms with Gasteiger partial charge in [0.25, 0.3) is 0 Å². The van der Waals surface area contributed by atoms with Crippen LogP contribution < -0.4 is 5.32 Å². The molecule has 0 spiro atoms. The van der Waals surface area contributed by atoms with Crippen LogP contribution in [0.2, 0.25) is 0 Å². The summed E-state index contributed by atoms with van der Waals surface area (Å²) < 4.78 is 2.11. The number of hydrogen-bond donors (Lipinski definition) is 2. The van der Waals surface area contributed by atoms with Gasteiger partial charge in [0.15, 0.2) is 0 Å². The molecule has 1 fully saturated rings. The first-order valence-electron chi connectivity index (χ1n) is 14.6. The van der Waals surface area contributed by atoms with Gasteiger partial charge in [-0.3, -0.25) is 14.4 Å². The molecule has 0 atom stereocenters. The van der Waals surface area contributed by atoms with Crippen LogP contribution in [0.4, 0.5) is 0 Å². The SMILES string of the molecule is C=C.C=C/C=C/NC=O.CC.CC/C=C/N1C=CC=CC1.CO.Cc1cc(CN2CCCC2)nn1Cc1ccccc1. The number of nitrogens with zero attached hydrogens (tertiary/aromatic N) is 4. The fraction of sp³-hybridized carbons (Fsp3) is 0.371. The molecule has 1 aromatic heterocycles. The van der Waals surface area contributed by atoms with Crippen LogP contribution in [0.3, 0.4) is 0 Å². The summed E-state index contributed by atoms with van der Waals surface area (Å²) in [6.45, 7) is 23.0. The lowest BCUT2D eigenvalue weighted by Gasteiger charge is -2.14. The highest BCUT2D eigenvalue weighted by molar-refractivity contribution is 5.47. The molecule has 1 saturated heterocycles. The van der Waals surface area contributed by atoms with E-state index >= 15 is 0 Å². The van der Waals surface area contributed by atoms with Gasteiger partial charge in [0.2, 0.25) is 6.41 Å². The number of aliphatic hydroxyl groups is 1. The van der Waals surface area contributed by atoms with Crippen molar-refractivity contribution in [1.82, 2.24) is 24.9 Å². The molecule has 42 heavy (non-hydrogen) atoms. The number of nitrogens with one attached hydrogen (secondary N) is 1. The number of benzene rings is 1. The highest BCUT2D eigenvalue weighted by atomic mass is 16.2. The van der Waals surface area contributed by atoms with Crippen LogP contribution in [0.15, 0.2) is 111 Å². The fourth-order valence-corrected chi connectivity index (χ4v) is 3.74. The zero-order chi connectivity index (χ0) is 31.8. The molecule has 1 aromatic carbocycles. The lowest BCUT2D eigenvalue weighted by molar-refractivity contribution is -0.108. The van der Waals surface area contributed by atoms with E-state index in [0.717, 1.165) is 33.2 Å². The number of amides is 1. The van der Waals surface area contributed by atoms with Gasteiger partial charge in [0.1, 0.15) is 0 Å². The molecule has 4 rings (SSSR count). The molecule has 232 valence electrons. The number of carbonyl (C=O) groups excluding carboxylic acids is 1. The van der Waals surface area contributed by atoms with E-state index in [-0.39, 0.29) is 0 Å². The Morgan fingerprint density at radius 3 is 2.26 bits per heavy atom. The van der Waals surface area contributed by atoms with Gasteiger partial charge in [-0.2, -0.15) is 5.10 Å². The molecule has 0 saturated carbocycles. The summed E-state index contributed by atoms with van der Waals surface area (Å²) in [5, 5.41) is 14.1. The predicted molar refractivity (Wildman–Crippen MR) is 181 cm³/mol. The highest BCUT2D eigenvalue weighted by Crippen LogP contribution is 2.14. The normalized spacial score (nSPS) is 13.1. The van der Waals surface area contributed by atoms with E-state index in [4.69, 9.17) is 10.2 Å². The number of hydrogen-bond acceptors (Lipinski definition) is 5. The highest BCUT2D eigenvalue weighted by Gasteiger charge is 2.14. The summed E-state index contributed by atoms with van der Waals surface area (Å²) in [6, 6.07) is 12.8. The Labute approximate surface area is 255 Å². The van der Waals surface area contributed by atoms with Crippen LogP contribution in [0.1, 0.15) is 57.0 Å². The standard InChI is InChI=1S/C16H21N3.C9H13N.C5H7NO.C2H6.C2H4.CH4O/c1-14-11-16(13-18-9-5-6-10-18)17-19(14)12-15-7-3-2-4-8-15;1-2-3-7-10-8-5-4-6-9-10;1-2-3-4-6-5-7;3*1-2/h2-4,7-8,11H,5-6,9-10,12-13H2,1H3;3-8H,2,9H2,1H3;2-5H,1H2,(H,6,7);1-2H3;1-2H2;2H,1H3/b;7-3+;4-3+;;;. The molecule has 0 aliphatic carbocycles. The number of aromatic nitrogens is 2. The second-order valence-electron chi connectivity index (χ2n) is 8.54. The van der Waals surface area contributed by atoms with Gasteiger partial charge in [-0.25, -0.2) is 0 Å². The Morgan fingerprint density at radius 1 is 1.05 bits per heavy atom. The van der Waals surface area contributed by atoms with Gasteiger partial charge < -0.3 is 15.3 Å². The van der Waals surface area contributed by atoms with Crippen molar-refractivity contribution in [3.8, 4) is 0 Å². The minimum absolute atomic E-state index is 0.597. The second kappa shape index (κ2) is 30.0. The molecule has 0 bridgehead atoms. The summed E-state index contributed by atoms with van der Waals surface area (Å²) in [5.41, 5.74) is 3.76. The van der Waals surface area contributed by atoms with E-state index in [1.807, 2.05) is 19.9 Å². The third-order valence-corrected chi connectivity index (χ3v) is 5.56. The Bertz CT molecular complexity index is 1020. The Balaban J connectivity index is 0. The van der Waals surface area contributed by atoms with Crippen molar-refractivity contribution in [3.63, 3.8) is 0 Å². The van der Waals surface area contributed by atoms with Crippen LogP contribution in [0.25, 0.3) is 0 Å². The van der Waals surface area contributed by atoms with Crippen molar-refractivity contribution >= 4 is 6.41 Å². The summed E-state index contributed by atoms with van der Waals surface area (Å²) in [6.07, 6.45) is 21.7. The topological polar surface area (TPSA) is 73.6 Å². The minimum atomic E-state index is 0.597. The van der Waals surface area contributed by atoms with Gasteiger partial charge >= 0.3 is 0 Å². The summed E-state index contributed by atoms with van der Waals surface area (Å²) in [7, 11) is 1.00. The average Bonchev–Trinajstić information content (AvgIpc) is 3.70. The molecular weight excluding hydrogens is 522 g/mol. The maximum absolute atomic E-state index is 9.48. The lowest BCUT2D eigenvalue weighted by atomic mass is 10.2. The number of aryl methyl sites for hydroxylation is 1. The maximum Gasteiger partial charge on any atom is 0.211 e. The summed E-state index contributed by atoms with van der Waals surface area (Å²) in [4.78, 5) is 14.1. The van der Waals surface area contributed by atoms with Gasteiger partial charge in [-0.05, 0) is 69.3 Å². The van der Waals surface area contributed by atoms with E-state index in [1.165, 1.54) is 49.1 Å². The molecule has 3 heterocycles. The van der Waals surface area contributed by atoms with Crippen LogP contribution >= 0.6 is 0 Å². The molecular formula is C35H55N5O2. The van der Waals surface area contributed by atoms with Crippen molar-refractivity contribution in [2.24, 2.45) is 0 Å². The molecule has 1 amide bonds. The molecule has 2 aliphatic rings. The zero-order valence-corrected chi connectivity index (χ0v) is 26.7. The van der Waals surface area contributed by atoms with Crippen LogP contribution in [0.5, 0.6) is 0 Å². The molecule has 2 aromatic rings. The Morgan fingerprint density at radius 2 is 1.71 bits per heavy atom. The third kappa shape index (κ3) is 20.0. The molecule has 0 radical (unpaired) electrons. The number of carbonyl (C=O) groups is 1. The van der Waals surface area contributed by atoms with E-state index in [1.54, 1.807) is 12.2 Å². The monoisotopic (exact) mass is 577 g/mol. The predicted octanol–water partition coefficient (Wildman–Crippen LogP) is 7.00. The fourth-order valence-electron chi connectivity index (χ4n) is 3.74.